The van der Waals surface area contributed by atoms with E-state index in [2.05, 4.69) is 10.3 Å². The topological polar surface area (TPSA) is 62.2 Å². The van der Waals surface area contributed by atoms with Crippen molar-refractivity contribution in [1.29, 1.82) is 0 Å². The van der Waals surface area contributed by atoms with Crippen molar-refractivity contribution in [3.63, 3.8) is 0 Å². The standard InChI is InChI=1S/C13H13ClN2O2/c1-8(17)7-15-13(18)10-6-12(14)16-11-5-3-2-4-9(10)11/h2-6,8,17H,7H2,1H3,(H,15,18). The molecule has 1 atom stereocenters. The molecule has 1 heterocycles. The number of hydrogen-bond donors (Lipinski definition) is 2. The molecular weight excluding hydrogens is 252 g/mol. The second-order valence-electron chi connectivity index (χ2n) is 4.07. The van der Waals surface area contributed by atoms with Crippen LogP contribution in [0.15, 0.2) is 30.3 Å². The summed E-state index contributed by atoms with van der Waals surface area (Å²) in [5.41, 5.74) is 1.14. The summed E-state index contributed by atoms with van der Waals surface area (Å²) in [4.78, 5) is 16.2. The summed E-state index contributed by atoms with van der Waals surface area (Å²) in [5, 5.41) is 12.8. The smallest absolute Gasteiger partial charge is 0.252 e. The van der Waals surface area contributed by atoms with Crippen LogP contribution in [-0.2, 0) is 0 Å². The monoisotopic (exact) mass is 264 g/mol. The number of fused-ring (bicyclic) bond motifs is 1. The molecule has 2 rings (SSSR count). The zero-order chi connectivity index (χ0) is 13.1. The minimum atomic E-state index is -0.586. The van der Waals surface area contributed by atoms with E-state index in [4.69, 9.17) is 16.7 Å². The highest BCUT2D eigenvalue weighted by atomic mass is 35.5. The fourth-order valence-electron chi connectivity index (χ4n) is 1.67. The van der Waals surface area contributed by atoms with E-state index in [9.17, 15) is 4.79 Å². The number of benzene rings is 1. The van der Waals surface area contributed by atoms with Gasteiger partial charge in [0.05, 0.1) is 17.2 Å². The van der Waals surface area contributed by atoms with Crippen LogP contribution >= 0.6 is 11.6 Å². The number of nitrogens with zero attached hydrogens (tertiary/aromatic N) is 1. The third kappa shape index (κ3) is 2.78. The first-order chi connectivity index (χ1) is 8.58. The van der Waals surface area contributed by atoms with Gasteiger partial charge in [0, 0.05) is 11.9 Å². The Morgan fingerprint density at radius 2 is 2.22 bits per heavy atom. The first-order valence-corrected chi connectivity index (χ1v) is 5.97. The van der Waals surface area contributed by atoms with E-state index < -0.39 is 6.10 Å². The summed E-state index contributed by atoms with van der Waals surface area (Å²) in [7, 11) is 0. The van der Waals surface area contributed by atoms with E-state index in [0.717, 1.165) is 5.39 Å². The Kier molecular flexibility index (Phi) is 3.79. The van der Waals surface area contributed by atoms with Crippen molar-refractivity contribution in [3.8, 4) is 0 Å². The Morgan fingerprint density at radius 1 is 1.50 bits per heavy atom. The zero-order valence-corrected chi connectivity index (χ0v) is 10.6. The molecule has 0 spiro atoms. The van der Waals surface area contributed by atoms with Crippen molar-refractivity contribution in [1.82, 2.24) is 10.3 Å². The Morgan fingerprint density at radius 3 is 2.94 bits per heavy atom. The Balaban J connectivity index is 2.40. The van der Waals surface area contributed by atoms with Gasteiger partial charge in [-0.3, -0.25) is 4.79 Å². The number of rotatable bonds is 3. The lowest BCUT2D eigenvalue weighted by Crippen LogP contribution is -2.30. The number of aromatic nitrogens is 1. The molecule has 0 saturated heterocycles. The normalized spacial score (nSPS) is 12.4. The van der Waals surface area contributed by atoms with Gasteiger partial charge in [-0.25, -0.2) is 4.98 Å². The highest BCUT2D eigenvalue weighted by Crippen LogP contribution is 2.20. The number of amides is 1. The van der Waals surface area contributed by atoms with Crippen LogP contribution in [0.2, 0.25) is 5.15 Å². The lowest BCUT2D eigenvalue weighted by molar-refractivity contribution is 0.0925. The number of para-hydroxylation sites is 1. The first-order valence-electron chi connectivity index (χ1n) is 5.59. The predicted molar refractivity (Wildman–Crippen MR) is 70.8 cm³/mol. The second-order valence-corrected chi connectivity index (χ2v) is 4.46. The molecule has 2 aromatic rings. The molecule has 0 saturated carbocycles. The molecule has 0 aliphatic carbocycles. The Labute approximate surface area is 110 Å². The molecule has 1 aromatic heterocycles. The first kappa shape index (κ1) is 12.8. The number of hydrogen-bond acceptors (Lipinski definition) is 3. The predicted octanol–water partition coefficient (Wildman–Crippen LogP) is 2.00. The van der Waals surface area contributed by atoms with Crippen LogP contribution in [0, 0.1) is 0 Å². The van der Waals surface area contributed by atoms with E-state index in [1.54, 1.807) is 13.0 Å². The molecule has 5 heteroatoms. The fourth-order valence-corrected chi connectivity index (χ4v) is 1.87. The summed E-state index contributed by atoms with van der Waals surface area (Å²) in [6, 6.07) is 8.82. The largest absolute Gasteiger partial charge is 0.392 e. The molecule has 4 nitrogen and oxygen atoms in total. The van der Waals surface area contributed by atoms with Crippen LogP contribution in [0.4, 0.5) is 0 Å². The van der Waals surface area contributed by atoms with Crippen LogP contribution in [0.25, 0.3) is 10.9 Å². The van der Waals surface area contributed by atoms with Gasteiger partial charge in [0.15, 0.2) is 0 Å². The maximum Gasteiger partial charge on any atom is 0.252 e. The SMILES string of the molecule is CC(O)CNC(=O)c1cc(Cl)nc2ccccc12. The van der Waals surface area contributed by atoms with Crippen LogP contribution in [0.5, 0.6) is 0 Å². The van der Waals surface area contributed by atoms with E-state index in [-0.39, 0.29) is 17.6 Å². The van der Waals surface area contributed by atoms with E-state index in [0.29, 0.717) is 11.1 Å². The Hall–Kier alpha value is -1.65. The number of aliphatic hydroxyl groups is 1. The maximum atomic E-state index is 12.0. The van der Waals surface area contributed by atoms with Gasteiger partial charge in [0.25, 0.3) is 5.91 Å². The molecule has 0 aliphatic rings. The average Bonchev–Trinajstić information content (AvgIpc) is 2.34. The van der Waals surface area contributed by atoms with Crippen molar-refractivity contribution in [3.05, 3.63) is 41.0 Å². The van der Waals surface area contributed by atoms with Crippen LogP contribution < -0.4 is 5.32 Å². The van der Waals surface area contributed by atoms with Crippen LogP contribution in [0.1, 0.15) is 17.3 Å². The number of nitrogens with one attached hydrogen (secondary N) is 1. The fraction of sp³-hybridized carbons (Fsp3) is 0.231. The number of pyridine rings is 1. The van der Waals surface area contributed by atoms with Crippen molar-refractivity contribution in [2.75, 3.05) is 6.54 Å². The molecular formula is C13H13ClN2O2. The van der Waals surface area contributed by atoms with Crippen molar-refractivity contribution < 1.29 is 9.90 Å². The third-order valence-electron chi connectivity index (χ3n) is 2.49. The summed E-state index contributed by atoms with van der Waals surface area (Å²) in [6.07, 6.45) is -0.586. The van der Waals surface area contributed by atoms with Gasteiger partial charge in [0.1, 0.15) is 5.15 Å². The Bertz CT molecular complexity index is 584. The number of carbonyl (C=O) groups is 1. The molecule has 0 fully saturated rings. The van der Waals surface area contributed by atoms with Gasteiger partial charge in [-0.15, -0.1) is 0 Å². The molecule has 1 unspecified atom stereocenters. The molecule has 1 amide bonds. The van der Waals surface area contributed by atoms with Gasteiger partial charge >= 0.3 is 0 Å². The van der Waals surface area contributed by atoms with E-state index >= 15 is 0 Å². The quantitative estimate of drug-likeness (QED) is 0.834. The summed E-state index contributed by atoms with van der Waals surface area (Å²) < 4.78 is 0. The summed E-state index contributed by atoms with van der Waals surface area (Å²) >= 11 is 5.89. The van der Waals surface area contributed by atoms with Crippen molar-refractivity contribution in [2.45, 2.75) is 13.0 Å². The van der Waals surface area contributed by atoms with Crippen molar-refractivity contribution in [2.24, 2.45) is 0 Å². The molecule has 0 bridgehead atoms. The van der Waals surface area contributed by atoms with Crippen LogP contribution in [0.3, 0.4) is 0 Å². The van der Waals surface area contributed by atoms with Crippen molar-refractivity contribution >= 4 is 28.4 Å². The molecule has 18 heavy (non-hydrogen) atoms. The minimum Gasteiger partial charge on any atom is -0.392 e. The van der Waals surface area contributed by atoms with Crippen LogP contribution in [-0.4, -0.2) is 28.6 Å². The maximum absolute atomic E-state index is 12.0. The summed E-state index contributed by atoms with van der Waals surface area (Å²) in [6.45, 7) is 1.81. The van der Waals surface area contributed by atoms with E-state index in [1.807, 2.05) is 18.2 Å². The van der Waals surface area contributed by atoms with Gasteiger partial charge in [-0.05, 0) is 19.1 Å². The van der Waals surface area contributed by atoms with Gasteiger partial charge in [-0.1, -0.05) is 29.8 Å². The minimum absolute atomic E-state index is 0.201. The molecule has 94 valence electrons. The molecule has 1 aromatic carbocycles. The third-order valence-corrected chi connectivity index (χ3v) is 2.68. The molecule has 0 radical (unpaired) electrons. The zero-order valence-electron chi connectivity index (χ0n) is 9.85. The van der Waals surface area contributed by atoms with E-state index in [1.165, 1.54) is 6.07 Å². The van der Waals surface area contributed by atoms with Gasteiger partial charge < -0.3 is 10.4 Å². The second kappa shape index (κ2) is 5.33. The molecule has 2 N–H and O–H groups in total. The number of carbonyl (C=O) groups excluding carboxylic acids is 1. The summed E-state index contributed by atoms with van der Waals surface area (Å²) in [5.74, 6) is -0.267. The highest BCUT2D eigenvalue weighted by molar-refractivity contribution is 6.30. The lowest BCUT2D eigenvalue weighted by Gasteiger charge is -2.09. The van der Waals surface area contributed by atoms with Gasteiger partial charge in [0.2, 0.25) is 0 Å². The number of aliphatic hydroxyl groups excluding tert-OH is 1. The van der Waals surface area contributed by atoms with Gasteiger partial charge in [-0.2, -0.15) is 0 Å². The lowest BCUT2D eigenvalue weighted by atomic mass is 10.1. The average molecular weight is 265 g/mol. The highest BCUT2D eigenvalue weighted by Gasteiger charge is 2.12. The molecule has 0 aliphatic heterocycles. The number of halogens is 1.